The van der Waals surface area contributed by atoms with Crippen LogP contribution in [0, 0.1) is 11.3 Å². The summed E-state index contributed by atoms with van der Waals surface area (Å²) in [4.78, 5) is 25.5. The van der Waals surface area contributed by atoms with Gasteiger partial charge in [0.25, 0.3) is 0 Å². The maximum Gasteiger partial charge on any atom is 0.216 e. The third kappa shape index (κ3) is 3.62. The summed E-state index contributed by atoms with van der Waals surface area (Å²) in [5, 5.41) is 10.8. The Hall–Kier alpha value is -3.36. The van der Waals surface area contributed by atoms with Crippen LogP contribution in [-0.4, -0.2) is 15.5 Å². The van der Waals surface area contributed by atoms with Crippen molar-refractivity contribution < 1.29 is 9.59 Å². The number of unbranched alkanes of at least 4 members (excludes halogenated alkanes) is 2. The number of fused-ring (bicyclic) bond motifs is 2. The Bertz CT molecular complexity index is 1310. The van der Waals surface area contributed by atoms with E-state index in [1.54, 1.807) is 12.1 Å². The number of hydrogen-bond acceptors (Lipinski definition) is 3. The topological polar surface area (TPSA) is 62.9 Å². The first kappa shape index (κ1) is 19.9. The van der Waals surface area contributed by atoms with Gasteiger partial charge in [-0.3, -0.25) is 9.59 Å². The molecule has 4 aromatic rings. The molecule has 0 spiro atoms. The summed E-state index contributed by atoms with van der Waals surface area (Å²) in [6.45, 7) is 0.753. The molecule has 0 aliphatic carbocycles. The second-order valence-corrected chi connectivity index (χ2v) is 7.62. The number of thiol groups is 1. The monoisotopic (exact) mass is 412 g/mol. The lowest BCUT2D eigenvalue weighted by Crippen LogP contribution is -2.04. The van der Waals surface area contributed by atoms with Crippen LogP contribution in [0.25, 0.3) is 21.7 Å². The molecule has 5 heteroatoms. The van der Waals surface area contributed by atoms with Crippen molar-refractivity contribution in [3.8, 4) is 6.07 Å². The van der Waals surface area contributed by atoms with Crippen molar-refractivity contribution in [2.75, 3.05) is 0 Å². The molecule has 1 heterocycles. The molecule has 3 aromatic carbocycles. The van der Waals surface area contributed by atoms with Crippen LogP contribution in [0.15, 0.2) is 66.9 Å². The van der Waals surface area contributed by atoms with E-state index >= 15 is 0 Å². The molecule has 0 saturated heterocycles. The van der Waals surface area contributed by atoms with Crippen molar-refractivity contribution in [2.24, 2.45) is 0 Å². The highest BCUT2D eigenvalue weighted by molar-refractivity contribution is 7.97. The Labute approximate surface area is 180 Å². The van der Waals surface area contributed by atoms with Crippen LogP contribution in [0.5, 0.6) is 0 Å². The lowest BCUT2D eigenvalue weighted by molar-refractivity contribution is 0.103. The van der Waals surface area contributed by atoms with Crippen LogP contribution < -0.4 is 0 Å². The van der Waals surface area contributed by atoms with E-state index in [1.165, 1.54) is 0 Å². The zero-order chi connectivity index (χ0) is 21.1. The Morgan fingerprint density at radius 2 is 1.47 bits per heavy atom. The highest BCUT2D eigenvalue weighted by Gasteiger charge is 2.20. The van der Waals surface area contributed by atoms with Gasteiger partial charge in [0.05, 0.1) is 6.07 Å². The molecule has 148 valence electrons. The average molecular weight is 413 g/mol. The predicted octanol–water partition coefficient (Wildman–Crippen LogP) is 5.79. The van der Waals surface area contributed by atoms with E-state index in [4.69, 9.17) is 5.26 Å². The van der Waals surface area contributed by atoms with E-state index < -0.39 is 0 Å². The fourth-order valence-electron chi connectivity index (χ4n) is 3.93. The van der Waals surface area contributed by atoms with Gasteiger partial charge < -0.3 is 4.57 Å². The molecule has 0 atom stereocenters. The summed E-state index contributed by atoms with van der Waals surface area (Å²) in [5.74, 6) is -0.0728. The molecule has 0 unspecified atom stereocenters. The number of ketones is 1. The van der Waals surface area contributed by atoms with Crippen molar-refractivity contribution in [3.63, 3.8) is 0 Å². The molecule has 0 aliphatic heterocycles. The minimum atomic E-state index is -0.320. The van der Waals surface area contributed by atoms with Crippen molar-refractivity contribution >= 4 is 45.2 Å². The molecule has 4 rings (SSSR count). The molecule has 0 fully saturated rings. The molecule has 0 radical (unpaired) electrons. The third-order valence-electron chi connectivity index (χ3n) is 5.37. The summed E-state index contributed by atoms with van der Waals surface area (Å²) in [6.07, 6.45) is 4.15. The Morgan fingerprint density at radius 1 is 0.833 bits per heavy atom. The SMILES string of the molecule is N#CCCCCn1cc(C(=O)c2ccc(C(=O)S)c3ccccc23)c2ccccc21. The van der Waals surface area contributed by atoms with Crippen molar-refractivity contribution in [1.29, 1.82) is 5.26 Å². The minimum absolute atomic E-state index is 0.0728. The first-order valence-corrected chi connectivity index (χ1v) is 10.3. The maximum atomic E-state index is 13.6. The summed E-state index contributed by atoms with van der Waals surface area (Å²) in [5.41, 5.74) is 2.70. The lowest BCUT2D eigenvalue weighted by Gasteiger charge is -2.08. The van der Waals surface area contributed by atoms with Gasteiger partial charge in [0.15, 0.2) is 5.78 Å². The summed E-state index contributed by atoms with van der Waals surface area (Å²) in [7, 11) is 0. The Kier molecular flexibility index (Phi) is 5.69. The molecular formula is C25H20N2O2S. The highest BCUT2D eigenvalue weighted by atomic mass is 32.1. The Morgan fingerprint density at radius 3 is 2.17 bits per heavy atom. The average Bonchev–Trinajstić information content (AvgIpc) is 3.14. The summed E-state index contributed by atoms with van der Waals surface area (Å²) >= 11 is 3.97. The Balaban J connectivity index is 1.80. The van der Waals surface area contributed by atoms with Gasteiger partial charge in [-0.1, -0.05) is 42.5 Å². The van der Waals surface area contributed by atoms with Crippen LogP contribution >= 0.6 is 12.6 Å². The van der Waals surface area contributed by atoms with E-state index in [1.807, 2.05) is 54.7 Å². The molecule has 1 aromatic heterocycles. The third-order valence-corrected chi connectivity index (χ3v) is 5.61. The van der Waals surface area contributed by atoms with Crippen LogP contribution in [0.1, 0.15) is 45.5 Å². The smallest absolute Gasteiger partial charge is 0.216 e. The number of carbonyl (C=O) groups is 2. The number of aromatic nitrogens is 1. The van der Waals surface area contributed by atoms with E-state index in [-0.39, 0.29) is 10.9 Å². The van der Waals surface area contributed by atoms with Crippen LogP contribution in [-0.2, 0) is 6.54 Å². The molecule has 0 aliphatic rings. The van der Waals surface area contributed by atoms with Crippen LogP contribution in [0.4, 0.5) is 0 Å². The van der Waals surface area contributed by atoms with Crippen molar-refractivity contribution in [3.05, 3.63) is 83.6 Å². The molecular weight excluding hydrogens is 392 g/mol. The lowest BCUT2D eigenvalue weighted by atomic mass is 9.94. The molecule has 0 saturated carbocycles. The van der Waals surface area contributed by atoms with Gasteiger partial charge >= 0.3 is 0 Å². The fraction of sp³-hybridized carbons (Fsp3) is 0.160. The van der Waals surface area contributed by atoms with E-state index in [0.29, 0.717) is 23.1 Å². The number of carbonyl (C=O) groups excluding carboxylic acids is 2. The molecule has 4 nitrogen and oxygen atoms in total. The van der Waals surface area contributed by atoms with Crippen molar-refractivity contribution in [2.45, 2.75) is 25.8 Å². The molecule has 0 bridgehead atoms. The first-order chi connectivity index (χ1) is 14.6. The zero-order valence-electron chi connectivity index (χ0n) is 16.3. The van der Waals surface area contributed by atoms with E-state index in [2.05, 4.69) is 23.3 Å². The molecule has 0 amide bonds. The number of hydrogen-bond donors (Lipinski definition) is 1. The number of aryl methyl sites for hydroxylation is 1. The van der Waals surface area contributed by atoms with Crippen LogP contribution in [0.3, 0.4) is 0 Å². The summed E-state index contributed by atoms with van der Waals surface area (Å²) < 4.78 is 2.09. The van der Waals surface area contributed by atoms with Gasteiger partial charge in [0.1, 0.15) is 0 Å². The normalized spacial score (nSPS) is 10.9. The van der Waals surface area contributed by atoms with E-state index in [9.17, 15) is 9.59 Å². The number of rotatable bonds is 7. The second kappa shape index (κ2) is 8.56. The number of para-hydroxylation sites is 1. The molecule has 0 N–H and O–H groups in total. The highest BCUT2D eigenvalue weighted by Crippen LogP contribution is 2.29. The maximum absolute atomic E-state index is 13.6. The van der Waals surface area contributed by atoms with Crippen molar-refractivity contribution in [1.82, 2.24) is 4.57 Å². The summed E-state index contributed by atoms with van der Waals surface area (Å²) in [6, 6.07) is 20.8. The quantitative estimate of drug-likeness (QED) is 0.237. The first-order valence-electron chi connectivity index (χ1n) is 9.86. The minimum Gasteiger partial charge on any atom is -0.347 e. The fourth-order valence-corrected chi connectivity index (χ4v) is 4.12. The zero-order valence-corrected chi connectivity index (χ0v) is 17.2. The van der Waals surface area contributed by atoms with Gasteiger partial charge in [0, 0.05) is 46.8 Å². The van der Waals surface area contributed by atoms with Gasteiger partial charge in [-0.25, -0.2) is 0 Å². The van der Waals surface area contributed by atoms with Crippen LogP contribution in [0.2, 0.25) is 0 Å². The predicted molar refractivity (Wildman–Crippen MR) is 122 cm³/mol. The number of benzene rings is 3. The van der Waals surface area contributed by atoms with Gasteiger partial charge in [-0.15, -0.1) is 12.6 Å². The van der Waals surface area contributed by atoms with Gasteiger partial charge in [0.2, 0.25) is 5.12 Å². The largest absolute Gasteiger partial charge is 0.347 e. The standard InChI is InChI=1S/C25H20N2O2S/c26-14-6-1-7-15-27-16-22(19-10-4-5-11-23(19)27)24(28)20-12-13-21(25(29)30)18-9-3-2-8-17(18)20/h2-5,8-13,16H,1,6-7,15H2,(H,29,30). The second-order valence-electron chi connectivity index (χ2n) is 7.21. The number of nitrogens with zero attached hydrogens (tertiary/aromatic N) is 2. The van der Waals surface area contributed by atoms with Gasteiger partial charge in [-0.2, -0.15) is 5.26 Å². The molecule has 30 heavy (non-hydrogen) atoms. The van der Waals surface area contributed by atoms with Gasteiger partial charge in [-0.05, 0) is 41.8 Å². The number of nitriles is 1. The van der Waals surface area contributed by atoms with E-state index in [0.717, 1.165) is 41.1 Å².